The number of ether oxygens (including phenoxy) is 1. The number of aliphatic hydroxyl groups excluding tert-OH is 1. The number of Topliss-reactive ketones (excluding diaryl/α,β-unsaturated/α-hetero) is 1. The lowest BCUT2D eigenvalue weighted by atomic mass is 9.95. The van der Waals surface area contributed by atoms with E-state index in [1.165, 1.54) is 28.6 Å². The molecule has 8 heteroatoms. The van der Waals surface area contributed by atoms with Crippen molar-refractivity contribution < 1.29 is 23.8 Å². The number of aromatic nitrogens is 1. The molecule has 0 saturated heterocycles. The Bertz CT molecular complexity index is 1470. The fraction of sp³-hybridized carbons (Fsp3) is 0.148. The molecule has 4 aromatic rings. The molecule has 2 aromatic heterocycles. The van der Waals surface area contributed by atoms with Crippen LogP contribution >= 0.6 is 11.3 Å². The predicted molar refractivity (Wildman–Crippen MR) is 134 cm³/mol. The number of aryl methyl sites for hydroxylation is 1. The molecule has 1 aliphatic rings. The maximum Gasteiger partial charge on any atom is 0.296 e. The van der Waals surface area contributed by atoms with Gasteiger partial charge in [0.1, 0.15) is 12.4 Å². The van der Waals surface area contributed by atoms with Gasteiger partial charge in [-0.25, -0.2) is 4.98 Å². The third-order valence-corrected chi connectivity index (χ3v) is 6.81. The highest BCUT2D eigenvalue weighted by molar-refractivity contribution is 7.22. The number of anilines is 1. The van der Waals surface area contributed by atoms with Gasteiger partial charge in [0, 0.05) is 0 Å². The van der Waals surface area contributed by atoms with Crippen molar-refractivity contribution in [3.8, 4) is 5.75 Å². The number of aliphatic hydroxyl groups is 1. The maximum absolute atomic E-state index is 13.4. The van der Waals surface area contributed by atoms with E-state index >= 15 is 0 Å². The van der Waals surface area contributed by atoms with E-state index < -0.39 is 23.5 Å². The van der Waals surface area contributed by atoms with Gasteiger partial charge in [0.2, 0.25) is 5.78 Å². The Morgan fingerprint density at radius 3 is 2.86 bits per heavy atom. The fourth-order valence-electron chi connectivity index (χ4n) is 4.10. The molecule has 1 atom stereocenters. The number of hydrogen-bond acceptors (Lipinski definition) is 7. The van der Waals surface area contributed by atoms with Gasteiger partial charge in [-0.05, 0) is 53.9 Å². The minimum Gasteiger partial charge on any atom is -0.503 e. The minimum atomic E-state index is -0.918. The number of thiazole rings is 1. The number of fused-ring (bicyclic) bond motifs is 1. The van der Waals surface area contributed by atoms with Crippen LogP contribution in [0.2, 0.25) is 0 Å². The minimum absolute atomic E-state index is 0.0298. The summed E-state index contributed by atoms with van der Waals surface area (Å²) >= 11 is 1.33. The molecule has 0 aliphatic carbocycles. The normalized spacial score (nSPS) is 15.7. The molecule has 0 bridgehead atoms. The molecule has 7 nitrogen and oxygen atoms in total. The standard InChI is InChI=1S/C27H22N2O5S/c1-3-12-33-18-8-5-7-17(15-18)23-22(24(30)20-9-6-13-34-20)25(31)26(32)29(23)27-28-19-11-10-16(4-2)14-21(19)35-27/h3,5-11,13-15,23,31H,1,4,12H2,2H3. The second-order valence-electron chi connectivity index (χ2n) is 7.97. The number of benzene rings is 2. The lowest BCUT2D eigenvalue weighted by Gasteiger charge is -2.24. The highest BCUT2D eigenvalue weighted by Gasteiger charge is 2.46. The number of furan rings is 1. The molecule has 0 spiro atoms. The Morgan fingerprint density at radius 1 is 1.26 bits per heavy atom. The number of rotatable bonds is 8. The van der Waals surface area contributed by atoms with Gasteiger partial charge in [-0.1, -0.05) is 49.1 Å². The van der Waals surface area contributed by atoms with Crippen molar-refractivity contribution in [1.82, 2.24) is 4.98 Å². The molecule has 0 radical (unpaired) electrons. The van der Waals surface area contributed by atoms with Gasteiger partial charge in [0.15, 0.2) is 16.7 Å². The fourth-order valence-corrected chi connectivity index (χ4v) is 5.16. The second kappa shape index (κ2) is 9.23. The number of nitrogens with zero attached hydrogens (tertiary/aromatic N) is 2. The van der Waals surface area contributed by atoms with Crippen LogP contribution in [0.15, 0.2) is 89.3 Å². The molecule has 0 fully saturated rings. The van der Waals surface area contributed by atoms with Gasteiger partial charge in [-0.15, -0.1) is 0 Å². The summed E-state index contributed by atoms with van der Waals surface area (Å²) in [5.74, 6) is -1.32. The third-order valence-electron chi connectivity index (χ3n) is 5.80. The second-order valence-corrected chi connectivity index (χ2v) is 8.98. The van der Waals surface area contributed by atoms with Gasteiger partial charge in [-0.3, -0.25) is 14.5 Å². The highest BCUT2D eigenvalue weighted by atomic mass is 32.1. The van der Waals surface area contributed by atoms with Crippen LogP contribution in [-0.2, 0) is 11.2 Å². The van der Waals surface area contributed by atoms with E-state index in [-0.39, 0.29) is 11.3 Å². The van der Waals surface area contributed by atoms with Gasteiger partial charge in [0.05, 0.1) is 28.1 Å². The number of ketones is 1. The van der Waals surface area contributed by atoms with Crippen molar-refractivity contribution in [1.29, 1.82) is 0 Å². The summed E-state index contributed by atoms with van der Waals surface area (Å²) in [5, 5.41) is 11.3. The molecule has 1 N–H and O–H groups in total. The Kier molecular flexibility index (Phi) is 5.96. The van der Waals surface area contributed by atoms with Crippen molar-refractivity contribution in [2.75, 3.05) is 11.5 Å². The average molecular weight is 487 g/mol. The Balaban J connectivity index is 1.65. The van der Waals surface area contributed by atoms with E-state index in [4.69, 9.17) is 9.15 Å². The van der Waals surface area contributed by atoms with Crippen LogP contribution in [0.1, 0.15) is 34.6 Å². The van der Waals surface area contributed by atoms with Crippen LogP contribution in [0.5, 0.6) is 5.75 Å². The van der Waals surface area contributed by atoms with Crippen LogP contribution in [0.3, 0.4) is 0 Å². The SMILES string of the molecule is C=CCOc1cccc(C2C(C(=O)c3ccco3)=C(O)C(=O)N2c2nc3ccc(CC)cc3s2)c1. The van der Waals surface area contributed by atoms with Crippen molar-refractivity contribution in [2.24, 2.45) is 0 Å². The van der Waals surface area contributed by atoms with Gasteiger partial charge in [0.25, 0.3) is 5.91 Å². The number of carbonyl (C=O) groups excluding carboxylic acids is 2. The quantitative estimate of drug-likeness (QED) is 0.250. The van der Waals surface area contributed by atoms with Gasteiger partial charge < -0.3 is 14.3 Å². The zero-order chi connectivity index (χ0) is 24.5. The molecule has 3 heterocycles. The predicted octanol–water partition coefficient (Wildman–Crippen LogP) is 5.80. The van der Waals surface area contributed by atoms with Gasteiger partial charge >= 0.3 is 0 Å². The Labute approximate surface area is 205 Å². The van der Waals surface area contributed by atoms with Crippen molar-refractivity contribution in [3.05, 3.63) is 102 Å². The van der Waals surface area contributed by atoms with Crippen LogP contribution in [0, 0.1) is 0 Å². The van der Waals surface area contributed by atoms with Crippen LogP contribution in [-0.4, -0.2) is 28.4 Å². The largest absolute Gasteiger partial charge is 0.503 e. The first kappa shape index (κ1) is 22.6. The van der Waals surface area contributed by atoms with E-state index in [0.29, 0.717) is 23.1 Å². The zero-order valence-electron chi connectivity index (χ0n) is 18.9. The lowest BCUT2D eigenvalue weighted by Crippen LogP contribution is -2.31. The van der Waals surface area contributed by atoms with E-state index in [1.54, 1.807) is 36.4 Å². The molecule has 1 aliphatic heterocycles. The molecule has 5 rings (SSSR count). The summed E-state index contributed by atoms with van der Waals surface area (Å²) in [6.45, 7) is 6.03. The lowest BCUT2D eigenvalue weighted by molar-refractivity contribution is -0.117. The van der Waals surface area contributed by atoms with E-state index in [0.717, 1.165) is 22.2 Å². The molecule has 1 amide bonds. The first-order valence-corrected chi connectivity index (χ1v) is 11.9. The molecule has 0 saturated carbocycles. The zero-order valence-corrected chi connectivity index (χ0v) is 19.7. The summed E-state index contributed by atoms with van der Waals surface area (Å²) in [4.78, 5) is 32.8. The number of amides is 1. The van der Waals surface area contributed by atoms with Crippen LogP contribution in [0.25, 0.3) is 10.2 Å². The summed E-state index contributed by atoms with van der Waals surface area (Å²) in [6.07, 6.45) is 3.87. The molecular formula is C27H22N2O5S. The monoisotopic (exact) mass is 486 g/mol. The highest BCUT2D eigenvalue weighted by Crippen LogP contribution is 2.44. The van der Waals surface area contributed by atoms with Crippen LogP contribution < -0.4 is 9.64 Å². The molecule has 2 aromatic carbocycles. The van der Waals surface area contributed by atoms with E-state index in [9.17, 15) is 14.7 Å². The summed E-state index contributed by atoms with van der Waals surface area (Å²) in [7, 11) is 0. The molecule has 35 heavy (non-hydrogen) atoms. The summed E-state index contributed by atoms with van der Waals surface area (Å²) < 4.78 is 11.9. The van der Waals surface area contributed by atoms with Gasteiger partial charge in [-0.2, -0.15) is 0 Å². The Morgan fingerprint density at radius 2 is 2.11 bits per heavy atom. The van der Waals surface area contributed by atoms with Crippen molar-refractivity contribution >= 4 is 38.4 Å². The van der Waals surface area contributed by atoms with Crippen molar-refractivity contribution in [2.45, 2.75) is 19.4 Å². The van der Waals surface area contributed by atoms with Crippen LogP contribution in [0.4, 0.5) is 5.13 Å². The number of carbonyl (C=O) groups is 2. The smallest absolute Gasteiger partial charge is 0.296 e. The maximum atomic E-state index is 13.4. The first-order chi connectivity index (χ1) is 17.0. The topological polar surface area (TPSA) is 92.9 Å². The van der Waals surface area contributed by atoms with E-state index in [1.807, 2.05) is 18.2 Å². The molecule has 1 unspecified atom stereocenters. The number of hydrogen-bond donors (Lipinski definition) is 1. The molecule has 176 valence electrons. The summed E-state index contributed by atoms with van der Waals surface area (Å²) in [5.41, 5.74) is 2.41. The van der Waals surface area contributed by atoms with Crippen molar-refractivity contribution in [3.63, 3.8) is 0 Å². The first-order valence-electron chi connectivity index (χ1n) is 11.1. The summed E-state index contributed by atoms with van der Waals surface area (Å²) in [6, 6.07) is 15.2. The Hall–Kier alpha value is -4.17. The molecular weight excluding hydrogens is 464 g/mol. The average Bonchev–Trinajstić information content (AvgIpc) is 3.61. The van der Waals surface area contributed by atoms with E-state index in [2.05, 4.69) is 18.5 Å². The third kappa shape index (κ3) is 4.02.